The van der Waals surface area contributed by atoms with Gasteiger partial charge in [0, 0.05) is 0 Å². The number of hydrogen-bond acceptors (Lipinski definition) is 2. The van der Waals surface area contributed by atoms with Gasteiger partial charge in [-0.2, -0.15) is 0 Å². The third kappa shape index (κ3) is 1.41. The summed E-state index contributed by atoms with van der Waals surface area (Å²) in [6, 6.07) is 0. The van der Waals surface area contributed by atoms with Gasteiger partial charge in [0.05, 0.1) is 0 Å². The first-order valence-corrected chi connectivity index (χ1v) is 3.19. The molecule has 2 N–H and O–H groups in total. The minimum atomic E-state index is -0.0689. The largest absolute Gasteiger partial charge is 0.504 e. The Hall–Kier alpha value is -1.18. The van der Waals surface area contributed by atoms with Crippen LogP contribution in [0.3, 0.4) is 0 Å². The van der Waals surface area contributed by atoms with Crippen LogP contribution in [0.4, 0.5) is 0 Å². The molecule has 2 heteroatoms. The Balaban J connectivity index is 2.90. The Kier molecular flexibility index (Phi) is 1.81. The zero-order valence-corrected chi connectivity index (χ0v) is 5.78. The molecule has 0 fully saturated rings. The van der Waals surface area contributed by atoms with Crippen LogP contribution in [-0.4, -0.2) is 10.2 Å². The molecule has 0 heterocycles. The quantitative estimate of drug-likeness (QED) is 0.538. The first-order chi connectivity index (χ1) is 4.70. The van der Waals surface area contributed by atoms with Crippen molar-refractivity contribution in [2.45, 2.75) is 6.92 Å². The molecule has 2 nitrogen and oxygen atoms in total. The van der Waals surface area contributed by atoms with E-state index in [-0.39, 0.29) is 17.4 Å². The maximum Gasteiger partial charge on any atom is 0.157 e. The Morgan fingerprint density at radius 3 is 2.70 bits per heavy atom. The highest BCUT2D eigenvalue weighted by Crippen LogP contribution is 2.12. The Morgan fingerprint density at radius 2 is 2.00 bits per heavy atom. The molecule has 0 saturated carbocycles. The molecule has 0 amide bonds. The predicted octanol–water partition coefficient (Wildman–Crippen LogP) is 2.08. The van der Waals surface area contributed by atoms with E-state index in [1.54, 1.807) is 12.2 Å². The lowest BCUT2D eigenvalue weighted by Gasteiger charge is -1.97. The maximum atomic E-state index is 9.03. The van der Waals surface area contributed by atoms with Crippen LogP contribution in [-0.2, 0) is 0 Å². The van der Waals surface area contributed by atoms with E-state index in [9.17, 15) is 0 Å². The van der Waals surface area contributed by atoms with Gasteiger partial charge in [0.2, 0.25) is 0 Å². The molecule has 0 radical (unpaired) electrons. The monoisotopic (exact) mass is 138 g/mol. The molecule has 1 rings (SSSR count). The Morgan fingerprint density at radius 1 is 1.30 bits per heavy atom. The number of aliphatic hydroxyl groups excluding tert-OH is 2. The highest BCUT2D eigenvalue weighted by molar-refractivity contribution is 5.27. The molecular weight excluding hydrogens is 128 g/mol. The van der Waals surface area contributed by atoms with Crippen molar-refractivity contribution in [3.8, 4) is 0 Å². The van der Waals surface area contributed by atoms with Gasteiger partial charge < -0.3 is 10.2 Å². The van der Waals surface area contributed by atoms with Crippen molar-refractivity contribution in [3.05, 3.63) is 35.8 Å². The van der Waals surface area contributed by atoms with Crippen LogP contribution in [0.15, 0.2) is 35.8 Å². The molecule has 10 heavy (non-hydrogen) atoms. The minimum Gasteiger partial charge on any atom is -0.504 e. The molecular formula is C8H10O2. The van der Waals surface area contributed by atoms with E-state index in [0.29, 0.717) is 0 Å². The summed E-state index contributed by atoms with van der Waals surface area (Å²) < 4.78 is 0. The van der Waals surface area contributed by atoms with E-state index in [2.05, 4.69) is 0 Å². The summed E-state index contributed by atoms with van der Waals surface area (Å²) in [6.45, 7) is 1.93. The van der Waals surface area contributed by atoms with Crippen LogP contribution >= 0.6 is 0 Å². The highest BCUT2D eigenvalue weighted by atomic mass is 16.3. The van der Waals surface area contributed by atoms with Crippen molar-refractivity contribution in [3.63, 3.8) is 0 Å². The van der Waals surface area contributed by atoms with E-state index < -0.39 is 0 Å². The zero-order chi connectivity index (χ0) is 7.56. The first kappa shape index (κ1) is 6.93. The molecule has 0 bridgehead atoms. The Labute approximate surface area is 59.8 Å². The van der Waals surface area contributed by atoms with Crippen LogP contribution in [0.2, 0.25) is 0 Å². The van der Waals surface area contributed by atoms with E-state index >= 15 is 0 Å². The van der Waals surface area contributed by atoms with Crippen molar-refractivity contribution in [1.29, 1.82) is 0 Å². The second-order valence-corrected chi connectivity index (χ2v) is 2.35. The normalized spacial score (nSPS) is 25.1. The number of hydrogen-bond donors (Lipinski definition) is 2. The molecule has 0 aliphatic heterocycles. The second kappa shape index (κ2) is 2.60. The molecule has 1 aliphatic carbocycles. The van der Waals surface area contributed by atoms with Crippen LogP contribution in [0.1, 0.15) is 6.92 Å². The molecule has 54 valence electrons. The molecule has 1 atom stereocenters. The van der Waals surface area contributed by atoms with Crippen molar-refractivity contribution >= 4 is 0 Å². The summed E-state index contributed by atoms with van der Waals surface area (Å²) in [7, 11) is 0. The lowest BCUT2D eigenvalue weighted by atomic mass is 10.1. The summed E-state index contributed by atoms with van der Waals surface area (Å²) in [4.78, 5) is 0. The number of rotatable bonds is 0. The zero-order valence-electron chi connectivity index (χ0n) is 5.78. The standard InChI is InChI=1S/C8H10O2/c1-6-3-2-4-7(9)8(10)5-6/h2-6,9-10H,1H3. The van der Waals surface area contributed by atoms with E-state index in [0.717, 1.165) is 0 Å². The van der Waals surface area contributed by atoms with Crippen LogP contribution in [0.5, 0.6) is 0 Å². The lowest BCUT2D eigenvalue weighted by Crippen LogP contribution is -1.88. The van der Waals surface area contributed by atoms with Crippen molar-refractivity contribution in [1.82, 2.24) is 0 Å². The van der Waals surface area contributed by atoms with Crippen molar-refractivity contribution in [2.75, 3.05) is 0 Å². The van der Waals surface area contributed by atoms with Gasteiger partial charge in [-0.1, -0.05) is 19.1 Å². The number of allylic oxidation sites excluding steroid dienone is 4. The molecule has 1 aliphatic rings. The smallest absolute Gasteiger partial charge is 0.157 e. The van der Waals surface area contributed by atoms with Gasteiger partial charge in [0.15, 0.2) is 11.5 Å². The van der Waals surface area contributed by atoms with E-state index in [4.69, 9.17) is 10.2 Å². The van der Waals surface area contributed by atoms with Gasteiger partial charge in [-0.3, -0.25) is 0 Å². The van der Waals surface area contributed by atoms with Gasteiger partial charge in [-0.25, -0.2) is 0 Å². The van der Waals surface area contributed by atoms with Crippen molar-refractivity contribution in [2.24, 2.45) is 5.92 Å². The average Bonchev–Trinajstić information content (AvgIpc) is 1.96. The highest BCUT2D eigenvalue weighted by Gasteiger charge is 2.03. The summed E-state index contributed by atoms with van der Waals surface area (Å²) in [5.74, 6) is 0.0685. The Bertz CT molecular complexity index is 211. The van der Waals surface area contributed by atoms with Gasteiger partial charge in [0.1, 0.15) is 0 Å². The topological polar surface area (TPSA) is 40.5 Å². The minimum absolute atomic E-state index is 0.0440. The molecule has 0 aromatic carbocycles. The molecule has 0 aromatic heterocycles. The third-order valence-corrected chi connectivity index (χ3v) is 1.35. The SMILES string of the molecule is CC1C=CC=C(O)C(O)=C1. The van der Waals surface area contributed by atoms with Crippen LogP contribution in [0.25, 0.3) is 0 Å². The summed E-state index contributed by atoms with van der Waals surface area (Å²) in [6.07, 6.45) is 6.67. The summed E-state index contributed by atoms with van der Waals surface area (Å²) >= 11 is 0. The molecule has 1 unspecified atom stereocenters. The second-order valence-electron chi connectivity index (χ2n) is 2.35. The fraction of sp³-hybridized carbons (Fsp3) is 0.250. The van der Waals surface area contributed by atoms with Crippen LogP contribution in [0, 0.1) is 5.92 Å². The number of aliphatic hydroxyl groups is 2. The fourth-order valence-electron chi connectivity index (χ4n) is 0.797. The average molecular weight is 138 g/mol. The van der Waals surface area contributed by atoms with Gasteiger partial charge >= 0.3 is 0 Å². The van der Waals surface area contributed by atoms with Gasteiger partial charge in [-0.05, 0) is 18.1 Å². The van der Waals surface area contributed by atoms with E-state index in [1.165, 1.54) is 6.08 Å². The van der Waals surface area contributed by atoms with Gasteiger partial charge in [0.25, 0.3) is 0 Å². The summed E-state index contributed by atoms with van der Waals surface area (Å²) in [5.41, 5.74) is 0. The molecule has 0 saturated heterocycles. The van der Waals surface area contributed by atoms with Crippen molar-refractivity contribution < 1.29 is 10.2 Å². The van der Waals surface area contributed by atoms with Gasteiger partial charge in [-0.15, -0.1) is 0 Å². The fourth-order valence-corrected chi connectivity index (χ4v) is 0.797. The van der Waals surface area contributed by atoms with Crippen LogP contribution < -0.4 is 0 Å². The predicted molar refractivity (Wildman–Crippen MR) is 39.7 cm³/mol. The summed E-state index contributed by atoms with van der Waals surface area (Å²) in [5, 5.41) is 18.0. The maximum absolute atomic E-state index is 9.03. The van der Waals surface area contributed by atoms with E-state index in [1.807, 2.05) is 13.0 Å². The molecule has 0 spiro atoms. The lowest BCUT2D eigenvalue weighted by molar-refractivity contribution is 0.324. The first-order valence-electron chi connectivity index (χ1n) is 3.19. The third-order valence-electron chi connectivity index (χ3n) is 1.35. The molecule has 0 aromatic rings.